The molecule has 0 spiro atoms. The molecular weight excluding hydrogens is 262 g/mol. The predicted molar refractivity (Wildman–Crippen MR) is 64.8 cm³/mol. The fraction of sp³-hybridized carbons (Fsp3) is 0.333. The van der Waals surface area contributed by atoms with E-state index in [2.05, 4.69) is 10.0 Å². The van der Waals surface area contributed by atoms with Crippen LogP contribution in [-0.2, 0) is 20.6 Å². The Morgan fingerprint density at radius 3 is 2.41 bits per heavy atom. The first-order valence-corrected chi connectivity index (χ1v) is 7.85. The molecule has 8 heteroatoms. The number of benzene rings is 1. The van der Waals surface area contributed by atoms with Gasteiger partial charge >= 0.3 is 0 Å². The van der Waals surface area contributed by atoms with Crippen LogP contribution in [-0.4, -0.2) is 31.2 Å². The van der Waals surface area contributed by atoms with E-state index in [1.54, 1.807) is 0 Å². The van der Waals surface area contributed by atoms with E-state index in [4.69, 9.17) is 5.53 Å². The van der Waals surface area contributed by atoms with Gasteiger partial charge in [0.1, 0.15) is 0 Å². The zero-order valence-electron chi connectivity index (χ0n) is 9.11. The van der Waals surface area contributed by atoms with Crippen LogP contribution in [0.25, 0.3) is 10.4 Å². The smallest absolute Gasteiger partial charge is 0.175 e. The summed E-state index contributed by atoms with van der Waals surface area (Å²) >= 11 is 0. The van der Waals surface area contributed by atoms with Gasteiger partial charge in [-0.25, -0.2) is 8.42 Å². The van der Waals surface area contributed by atoms with Crippen LogP contribution in [0, 0.1) is 0 Å². The molecule has 17 heavy (non-hydrogen) atoms. The Labute approximate surface area is 102 Å². The molecule has 0 bridgehead atoms. The number of azide groups is 1. The average molecular weight is 273 g/mol. The Hall–Kier alpha value is -1.37. The lowest BCUT2D eigenvalue weighted by Crippen LogP contribution is -2.02. The maximum absolute atomic E-state index is 11.7. The highest BCUT2D eigenvalue weighted by atomic mass is 32.2. The van der Waals surface area contributed by atoms with E-state index in [9.17, 15) is 12.6 Å². The minimum absolute atomic E-state index is 0.150. The summed E-state index contributed by atoms with van der Waals surface area (Å²) in [5.41, 5.74) is 8.07. The van der Waals surface area contributed by atoms with Crippen molar-refractivity contribution in [1.29, 1.82) is 0 Å². The fourth-order valence-corrected chi connectivity index (χ4v) is 2.68. The molecular formula is C9H11N3O3S2. The summed E-state index contributed by atoms with van der Waals surface area (Å²) < 4.78 is 34.0. The number of nitrogens with zero attached hydrogens (tertiary/aromatic N) is 3. The van der Waals surface area contributed by atoms with Crippen LogP contribution >= 0.6 is 0 Å². The lowest BCUT2D eigenvalue weighted by Gasteiger charge is -2.02. The quantitative estimate of drug-likeness (QED) is 0.461. The molecule has 0 saturated carbocycles. The molecule has 6 nitrogen and oxygen atoms in total. The minimum Gasteiger partial charge on any atom is -0.254 e. The summed E-state index contributed by atoms with van der Waals surface area (Å²) in [4.78, 5) is 3.27. The van der Waals surface area contributed by atoms with Crippen LogP contribution < -0.4 is 0 Å². The molecule has 0 saturated heterocycles. The van der Waals surface area contributed by atoms with E-state index in [0.717, 1.165) is 6.26 Å². The van der Waals surface area contributed by atoms with Crippen molar-refractivity contribution in [3.63, 3.8) is 0 Å². The lowest BCUT2D eigenvalue weighted by molar-refractivity contribution is 0.601. The zero-order valence-corrected chi connectivity index (χ0v) is 10.7. The molecule has 1 rings (SSSR count). The third-order valence-electron chi connectivity index (χ3n) is 1.95. The Bertz CT molecular complexity index is 560. The van der Waals surface area contributed by atoms with Crippen molar-refractivity contribution in [2.45, 2.75) is 9.79 Å². The standard InChI is InChI=1S/C9H11N3O3S2/c1-17(14,15)9-4-2-8(3-5-9)16(13)7-6-11-12-10/h2-5H,6-7H2,1H3. The molecule has 1 aromatic carbocycles. The zero-order chi connectivity index (χ0) is 12.9. The summed E-state index contributed by atoms with van der Waals surface area (Å²) in [6.07, 6.45) is 1.11. The summed E-state index contributed by atoms with van der Waals surface area (Å²) in [6.45, 7) is 0.150. The number of hydrogen-bond donors (Lipinski definition) is 0. The molecule has 0 amide bonds. The van der Waals surface area contributed by atoms with Crippen molar-refractivity contribution in [2.24, 2.45) is 5.11 Å². The van der Waals surface area contributed by atoms with Crippen LogP contribution in [0.15, 0.2) is 39.2 Å². The van der Waals surface area contributed by atoms with Gasteiger partial charge in [0, 0.05) is 28.4 Å². The second-order valence-electron chi connectivity index (χ2n) is 3.25. The molecule has 1 aromatic rings. The largest absolute Gasteiger partial charge is 0.254 e. The summed E-state index contributed by atoms with van der Waals surface area (Å²) in [5.74, 6) is 0.224. The van der Waals surface area contributed by atoms with Gasteiger partial charge in [0.05, 0.1) is 15.7 Å². The van der Waals surface area contributed by atoms with Gasteiger partial charge in [-0.15, -0.1) is 0 Å². The van der Waals surface area contributed by atoms with Gasteiger partial charge in [-0.1, -0.05) is 5.11 Å². The van der Waals surface area contributed by atoms with Gasteiger partial charge in [0.25, 0.3) is 0 Å². The second kappa shape index (κ2) is 5.81. The molecule has 0 aliphatic carbocycles. The number of rotatable bonds is 5. The summed E-state index contributed by atoms with van der Waals surface area (Å²) in [7, 11) is -4.51. The van der Waals surface area contributed by atoms with E-state index in [1.807, 2.05) is 0 Å². The number of hydrogen-bond acceptors (Lipinski definition) is 4. The van der Waals surface area contributed by atoms with Crippen LogP contribution in [0.5, 0.6) is 0 Å². The Kier molecular flexibility index (Phi) is 4.68. The predicted octanol–water partition coefficient (Wildman–Crippen LogP) is 1.51. The van der Waals surface area contributed by atoms with Crippen molar-refractivity contribution in [3.05, 3.63) is 34.7 Å². The van der Waals surface area contributed by atoms with E-state index in [-0.39, 0.29) is 17.2 Å². The molecule has 0 aliphatic rings. The molecule has 0 N–H and O–H groups in total. The Morgan fingerprint density at radius 1 is 1.35 bits per heavy atom. The highest BCUT2D eigenvalue weighted by Crippen LogP contribution is 2.13. The van der Waals surface area contributed by atoms with Crippen molar-refractivity contribution in [2.75, 3.05) is 18.6 Å². The van der Waals surface area contributed by atoms with Crippen LogP contribution in [0.3, 0.4) is 0 Å². The highest BCUT2D eigenvalue weighted by molar-refractivity contribution is 7.90. The van der Waals surface area contributed by atoms with Gasteiger partial charge in [-0.2, -0.15) is 0 Å². The van der Waals surface area contributed by atoms with Crippen LogP contribution in [0.2, 0.25) is 0 Å². The summed E-state index contributed by atoms with van der Waals surface area (Å²) in [6, 6.07) is 5.83. The normalized spacial score (nSPS) is 12.8. The number of sulfone groups is 1. The molecule has 92 valence electrons. The molecule has 0 radical (unpaired) electrons. The van der Waals surface area contributed by atoms with Crippen molar-refractivity contribution >= 4 is 20.6 Å². The van der Waals surface area contributed by atoms with E-state index in [1.165, 1.54) is 24.3 Å². The van der Waals surface area contributed by atoms with Crippen molar-refractivity contribution < 1.29 is 12.6 Å². The van der Waals surface area contributed by atoms with E-state index in [0.29, 0.717) is 4.90 Å². The molecule has 0 fully saturated rings. The molecule has 1 atom stereocenters. The monoisotopic (exact) mass is 273 g/mol. The van der Waals surface area contributed by atoms with Crippen LogP contribution in [0.4, 0.5) is 0 Å². The first-order chi connectivity index (χ1) is 7.95. The fourth-order valence-electron chi connectivity index (χ4n) is 1.12. The SMILES string of the molecule is CS(=O)(=O)c1ccc(S(=O)CCN=[N+]=[N-])cc1. The Morgan fingerprint density at radius 2 is 1.94 bits per heavy atom. The van der Waals surface area contributed by atoms with Gasteiger partial charge < -0.3 is 0 Å². The maximum Gasteiger partial charge on any atom is 0.175 e. The summed E-state index contributed by atoms with van der Waals surface area (Å²) in [5, 5.41) is 3.29. The second-order valence-corrected chi connectivity index (χ2v) is 6.83. The molecule has 0 aliphatic heterocycles. The lowest BCUT2D eigenvalue weighted by atomic mass is 10.4. The molecule has 0 aromatic heterocycles. The first kappa shape index (κ1) is 13.7. The van der Waals surface area contributed by atoms with E-state index < -0.39 is 20.6 Å². The molecule has 1 unspecified atom stereocenters. The highest BCUT2D eigenvalue weighted by Gasteiger charge is 2.08. The third-order valence-corrected chi connectivity index (χ3v) is 4.43. The maximum atomic E-state index is 11.7. The van der Waals surface area contributed by atoms with Gasteiger partial charge in [-0.3, -0.25) is 4.21 Å². The van der Waals surface area contributed by atoms with Crippen molar-refractivity contribution in [1.82, 2.24) is 0 Å². The molecule has 0 heterocycles. The van der Waals surface area contributed by atoms with Gasteiger partial charge in [0.15, 0.2) is 9.84 Å². The van der Waals surface area contributed by atoms with Gasteiger partial charge in [0.2, 0.25) is 0 Å². The topological polar surface area (TPSA) is 100.0 Å². The van der Waals surface area contributed by atoms with Crippen molar-refractivity contribution in [3.8, 4) is 0 Å². The first-order valence-electron chi connectivity index (χ1n) is 4.64. The van der Waals surface area contributed by atoms with Gasteiger partial charge in [-0.05, 0) is 29.8 Å². The van der Waals surface area contributed by atoms with Crippen LogP contribution in [0.1, 0.15) is 0 Å². The average Bonchev–Trinajstić information content (AvgIpc) is 2.28. The minimum atomic E-state index is -3.23. The van der Waals surface area contributed by atoms with E-state index >= 15 is 0 Å². The Balaban J connectivity index is 2.81. The third kappa shape index (κ3) is 4.18.